The summed E-state index contributed by atoms with van der Waals surface area (Å²) in [4.78, 5) is 66.5. The Morgan fingerprint density at radius 2 is 1.74 bits per heavy atom. The van der Waals surface area contributed by atoms with Gasteiger partial charge in [-0.2, -0.15) is 0 Å². The lowest BCUT2D eigenvalue weighted by atomic mass is 9.41. The molecule has 9 rings (SSSR count). The second kappa shape index (κ2) is 14.1. The summed E-state index contributed by atoms with van der Waals surface area (Å²) in [5, 5.41) is 26.4. The first-order chi connectivity index (χ1) is 29.1. The summed E-state index contributed by atoms with van der Waals surface area (Å²) < 4.78 is 23.8. The number of hydrogen-bond donors (Lipinski definition) is 3. The molecule has 2 aromatic carbocycles. The van der Waals surface area contributed by atoms with Gasteiger partial charge in [0.1, 0.15) is 11.2 Å². The van der Waals surface area contributed by atoms with Crippen LogP contribution in [-0.2, 0) is 50.6 Å². The monoisotopic (exact) mass is 838 g/mol. The Bertz CT molecular complexity index is 2360. The third-order valence-electron chi connectivity index (χ3n) is 16.4. The zero-order valence-corrected chi connectivity index (χ0v) is 36.2. The van der Waals surface area contributed by atoms with E-state index in [0.29, 0.717) is 99.5 Å². The van der Waals surface area contributed by atoms with Crippen LogP contribution in [0, 0.1) is 11.3 Å². The Hall–Kier alpha value is -4.76. The molecular weight excluding hydrogens is 781 g/mol. The zero-order valence-electron chi connectivity index (χ0n) is 36.2. The van der Waals surface area contributed by atoms with E-state index < -0.39 is 63.0 Å². The van der Waals surface area contributed by atoms with Gasteiger partial charge in [-0.1, -0.05) is 44.2 Å². The van der Waals surface area contributed by atoms with Crippen LogP contribution in [-0.4, -0.2) is 132 Å². The molecule has 0 radical (unpaired) electrons. The second-order valence-corrected chi connectivity index (χ2v) is 18.6. The van der Waals surface area contributed by atoms with Gasteiger partial charge in [0.05, 0.1) is 38.7 Å². The maximum Gasteiger partial charge on any atom is 0.344 e. The van der Waals surface area contributed by atoms with Crippen LogP contribution in [0.25, 0.3) is 10.9 Å². The number of methoxy groups -OCH3 is 3. The van der Waals surface area contributed by atoms with E-state index in [0.717, 1.165) is 16.5 Å². The molecule has 1 aliphatic carbocycles. The first kappa shape index (κ1) is 41.6. The van der Waals surface area contributed by atoms with Gasteiger partial charge in [0, 0.05) is 84.2 Å². The largest absolute Gasteiger partial charge is 0.496 e. The molecule has 61 heavy (non-hydrogen) atoms. The fourth-order valence-corrected chi connectivity index (χ4v) is 14.0. The van der Waals surface area contributed by atoms with Gasteiger partial charge in [0.25, 0.3) is 0 Å². The minimum atomic E-state index is -2.56. The lowest BCUT2D eigenvalue weighted by Gasteiger charge is -2.68. The molecule has 14 nitrogen and oxygen atoms in total. The molecule has 1 saturated carbocycles. The van der Waals surface area contributed by atoms with Crippen LogP contribution in [0.3, 0.4) is 0 Å². The molecule has 1 spiro atoms. The minimum Gasteiger partial charge on any atom is -0.496 e. The molecule has 14 heteroatoms. The number of amides is 1. The van der Waals surface area contributed by atoms with Gasteiger partial charge in [-0.25, -0.2) is 4.79 Å². The number of esters is 3. The predicted octanol–water partition coefficient (Wildman–Crippen LogP) is 3.91. The maximum absolute atomic E-state index is 15.4. The van der Waals surface area contributed by atoms with Crippen LogP contribution in [0.4, 0.5) is 5.69 Å². The zero-order chi connectivity index (χ0) is 43.5. The lowest BCUT2D eigenvalue weighted by molar-refractivity contribution is -0.244. The summed E-state index contributed by atoms with van der Waals surface area (Å²) in [6, 6.07) is 10.4. The number of ether oxygens (including phenoxy) is 4. The summed E-state index contributed by atoms with van der Waals surface area (Å²) in [6.45, 7) is 10.2. The minimum absolute atomic E-state index is 0.162. The number of carbonyl (C=O) groups is 4. The molecule has 3 N–H and O–H groups in total. The summed E-state index contributed by atoms with van der Waals surface area (Å²) in [5.74, 6) is -2.09. The van der Waals surface area contributed by atoms with Crippen molar-refractivity contribution >= 4 is 40.9 Å². The number of H-pyrrole nitrogens is 1. The SMILES string of the molecule is CC[C@]1(O)C[C@@H]2C[N@@](CCc3c([nH]c4ccccc34)[C@@](C(=O)OC)(c3cc4c(cc3OC)N(C=O)[C@H]3[C@@](O)(C(=O)OC)[C@H](OC(C)=O)[C@]5(CC)C=CCN6CC[C@]43[C@@]65C)C2)C1. The Balaban J connectivity index is 1.40. The Kier molecular flexibility index (Phi) is 9.63. The quantitative estimate of drug-likeness (QED) is 0.130. The van der Waals surface area contributed by atoms with Crippen molar-refractivity contribution in [3.63, 3.8) is 0 Å². The van der Waals surface area contributed by atoms with E-state index in [4.69, 9.17) is 18.9 Å². The summed E-state index contributed by atoms with van der Waals surface area (Å²) in [6.07, 6.45) is 5.76. The molecule has 6 aliphatic rings. The van der Waals surface area contributed by atoms with Gasteiger partial charge >= 0.3 is 17.9 Å². The van der Waals surface area contributed by atoms with Crippen molar-refractivity contribution in [3.05, 3.63) is 70.9 Å². The highest BCUT2D eigenvalue weighted by Crippen LogP contribution is 2.73. The number of rotatable bonds is 8. The van der Waals surface area contributed by atoms with E-state index in [2.05, 4.69) is 27.8 Å². The number of fused-ring (bicyclic) bond motifs is 6. The lowest BCUT2D eigenvalue weighted by Crippen LogP contribution is -2.85. The highest BCUT2D eigenvalue weighted by atomic mass is 16.6. The Morgan fingerprint density at radius 1 is 0.984 bits per heavy atom. The first-order valence-electron chi connectivity index (χ1n) is 21.6. The number of aromatic amines is 1. The number of anilines is 1. The smallest absolute Gasteiger partial charge is 0.344 e. The Morgan fingerprint density at radius 3 is 2.41 bits per heavy atom. The van der Waals surface area contributed by atoms with Crippen molar-refractivity contribution in [2.75, 3.05) is 59.0 Å². The van der Waals surface area contributed by atoms with Crippen molar-refractivity contribution in [1.29, 1.82) is 0 Å². The third-order valence-corrected chi connectivity index (χ3v) is 16.4. The van der Waals surface area contributed by atoms with E-state index in [9.17, 15) is 24.6 Å². The Labute approximate surface area is 356 Å². The van der Waals surface area contributed by atoms with Crippen molar-refractivity contribution < 1.29 is 48.3 Å². The van der Waals surface area contributed by atoms with E-state index in [1.54, 1.807) is 6.07 Å². The van der Waals surface area contributed by atoms with E-state index in [1.807, 2.05) is 50.3 Å². The number of aromatic nitrogens is 1. The van der Waals surface area contributed by atoms with Gasteiger partial charge in [-0.05, 0) is 74.6 Å². The molecule has 10 atom stereocenters. The standard InChI is InChI=1S/C47H58N4O10/c1-8-43(56)23-29-24-45(40(54)59-6,37-31(15-19-49(25-29)26-43)30-13-10-11-14-34(30)48-37)33-21-32-35(22-36(33)58-5)51(27-52)38-46(32)17-20-50-18-12-16-44(9-2,42(46,50)4)39(61-28(3)53)47(38,57)41(55)60-7/h10-14,16,21-22,27,29,38-39,48,56-57H,8-9,15,17-20,23-26H2,1-7H3/t29-,38+,39+,42-,43-,44-,45-,46-,47-/m0/s1. The molecular formula is C47H58N4O10. The van der Waals surface area contributed by atoms with Crippen LogP contribution in [0.2, 0.25) is 0 Å². The third kappa shape index (κ3) is 5.10. The summed E-state index contributed by atoms with van der Waals surface area (Å²) in [5.41, 5.74) is -4.33. The van der Waals surface area contributed by atoms with Crippen LogP contribution < -0.4 is 9.64 Å². The molecule has 5 aliphatic heterocycles. The van der Waals surface area contributed by atoms with Crippen molar-refractivity contribution in [2.24, 2.45) is 11.3 Å². The molecule has 326 valence electrons. The molecule has 2 saturated heterocycles. The number of nitrogens with zero attached hydrogens (tertiary/aromatic N) is 3. The van der Waals surface area contributed by atoms with E-state index in [1.165, 1.54) is 33.2 Å². The number of nitrogens with one attached hydrogen (secondary N) is 1. The van der Waals surface area contributed by atoms with Crippen LogP contribution in [0.5, 0.6) is 5.75 Å². The van der Waals surface area contributed by atoms with Crippen LogP contribution >= 0.6 is 0 Å². The number of carbonyl (C=O) groups excluding carboxylic acids is 4. The number of hydrogen-bond acceptors (Lipinski definition) is 12. The first-order valence-corrected chi connectivity index (χ1v) is 21.6. The molecule has 0 unspecified atom stereocenters. The van der Waals surface area contributed by atoms with Crippen LogP contribution in [0.15, 0.2) is 48.6 Å². The number of benzene rings is 2. The molecule has 3 fully saturated rings. The second-order valence-electron chi connectivity index (χ2n) is 18.6. The molecule has 1 amide bonds. The molecule has 3 aromatic rings. The van der Waals surface area contributed by atoms with E-state index >= 15 is 4.79 Å². The topological polar surface area (TPSA) is 171 Å². The molecule has 6 heterocycles. The fraction of sp³-hybridized carbons (Fsp3) is 0.574. The molecule has 2 bridgehead atoms. The van der Waals surface area contributed by atoms with Crippen molar-refractivity contribution in [3.8, 4) is 5.75 Å². The van der Waals surface area contributed by atoms with Gasteiger partial charge < -0.3 is 39.0 Å². The fourth-order valence-electron chi connectivity index (χ4n) is 14.0. The van der Waals surface area contributed by atoms with Gasteiger partial charge in [-0.15, -0.1) is 0 Å². The average Bonchev–Trinajstić information content (AvgIpc) is 3.89. The van der Waals surface area contributed by atoms with Gasteiger partial charge in [0.2, 0.25) is 12.0 Å². The molecule has 1 aromatic heterocycles. The van der Waals surface area contributed by atoms with Crippen LogP contribution in [0.1, 0.15) is 82.2 Å². The van der Waals surface area contributed by atoms with E-state index in [-0.39, 0.29) is 12.3 Å². The predicted molar refractivity (Wildman–Crippen MR) is 225 cm³/mol. The highest BCUT2D eigenvalue weighted by molar-refractivity contribution is 5.97. The number of para-hydroxylation sites is 1. The summed E-state index contributed by atoms with van der Waals surface area (Å²) in [7, 11) is 4.09. The summed E-state index contributed by atoms with van der Waals surface area (Å²) >= 11 is 0. The van der Waals surface area contributed by atoms with Gasteiger partial charge in [0.15, 0.2) is 6.10 Å². The van der Waals surface area contributed by atoms with Crippen molar-refractivity contribution in [1.82, 2.24) is 14.8 Å². The normalized spacial score (nSPS) is 37.3. The maximum atomic E-state index is 15.4. The number of aliphatic hydroxyl groups is 2. The van der Waals surface area contributed by atoms with Gasteiger partial charge in [-0.3, -0.25) is 24.2 Å². The highest BCUT2D eigenvalue weighted by Gasteiger charge is 2.85. The average molecular weight is 839 g/mol. The van der Waals surface area contributed by atoms with Crippen molar-refractivity contribution in [2.45, 2.75) is 106 Å². The number of piperidine rings is 1.